The van der Waals surface area contributed by atoms with Gasteiger partial charge in [0.25, 0.3) is 0 Å². The van der Waals surface area contributed by atoms with Crippen molar-refractivity contribution in [1.82, 2.24) is 10.6 Å². The molecule has 1 amide bonds. The Kier molecular flexibility index (Phi) is 4.99. The van der Waals surface area contributed by atoms with E-state index in [0.717, 1.165) is 45.4 Å². The molecule has 0 aromatic heterocycles. The van der Waals surface area contributed by atoms with Crippen molar-refractivity contribution in [2.45, 2.75) is 51.7 Å². The molecule has 0 saturated carbocycles. The maximum Gasteiger partial charge on any atom is 0.407 e. The summed E-state index contributed by atoms with van der Waals surface area (Å²) in [7, 11) is 0. The number of ether oxygens (including phenoxy) is 1. The zero-order valence-electron chi connectivity index (χ0n) is 15.0. The molecule has 0 bridgehead atoms. The summed E-state index contributed by atoms with van der Waals surface area (Å²) >= 11 is 0. The van der Waals surface area contributed by atoms with Crippen LogP contribution in [0, 0.1) is 0 Å². The molecule has 2 N–H and O–H groups in total. The Labute approximate surface area is 144 Å². The summed E-state index contributed by atoms with van der Waals surface area (Å²) in [5.74, 6) is 0. The Morgan fingerprint density at radius 1 is 1.29 bits per heavy atom. The van der Waals surface area contributed by atoms with Crippen molar-refractivity contribution in [2.24, 2.45) is 0 Å². The molecule has 1 aromatic carbocycles. The van der Waals surface area contributed by atoms with Crippen molar-refractivity contribution in [3.63, 3.8) is 0 Å². The topological polar surface area (TPSA) is 53.6 Å². The first kappa shape index (κ1) is 17.1. The van der Waals surface area contributed by atoms with E-state index in [2.05, 4.69) is 33.7 Å². The number of rotatable bonds is 2. The van der Waals surface area contributed by atoms with Gasteiger partial charge in [0.2, 0.25) is 0 Å². The van der Waals surface area contributed by atoms with Crippen LogP contribution < -0.4 is 15.5 Å². The number of carbonyl (C=O) groups is 1. The normalized spacial score (nSPS) is 21.1. The van der Waals surface area contributed by atoms with Gasteiger partial charge in [0.1, 0.15) is 5.60 Å². The standard InChI is InChI=1S/C19H29N3O2/c1-19(2,3)24-18(23)21-15-8-7-14-5-4-6-17(16(14)13-15)22-11-9-20-10-12-22/h4-6,15,20H,7-13H2,1-3H3,(H,21,23). The number of fused-ring (bicyclic) bond motifs is 1. The summed E-state index contributed by atoms with van der Waals surface area (Å²) in [6.07, 6.45) is 2.55. The third kappa shape index (κ3) is 4.20. The molecule has 1 aliphatic carbocycles. The summed E-state index contributed by atoms with van der Waals surface area (Å²) in [4.78, 5) is 14.5. The minimum absolute atomic E-state index is 0.149. The van der Waals surface area contributed by atoms with E-state index in [4.69, 9.17) is 4.74 Å². The summed E-state index contributed by atoms with van der Waals surface area (Å²) in [6, 6.07) is 6.76. The first-order valence-electron chi connectivity index (χ1n) is 8.98. The van der Waals surface area contributed by atoms with Gasteiger partial charge in [0.15, 0.2) is 0 Å². The number of nitrogens with one attached hydrogen (secondary N) is 2. The largest absolute Gasteiger partial charge is 0.444 e. The highest BCUT2D eigenvalue weighted by molar-refractivity contribution is 5.68. The zero-order valence-corrected chi connectivity index (χ0v) is 15.0. The van der Waals surface area contributed by atoms with E-state index < -0.39 is 5.60 Å². The predicted molar refractivity (Wildman–Crippen MR) is 96.7 cm³/mol. The highest BCUT2D eigenvalue weighted by atomic mass is 16.6. The van der Waals surface area contributed by atoms with E-state index >= 15 is 0 Å². The molecule has 5 heteroatoms. The summed E-state index contributed by atoms with van der Waals surface area (Å²) in [5, 5.41) is 6.46. The first-order chi connectivity index (χ1) is 11.4. The van der Waals surface area contributed by atoms with Gasteiger partial charge in [-0.3, -0.25) is 0 Å². The summed E-state index contributed by atoms with van der Waals surface area (Å²) in [5.41, 5.74) is 3.70. The summed E-state index contributed by atoms with van der Waals surface area (Å²) in [6.45, 7) is 9.83. The van der Waals surface area contributed by atoms with Crippen molar-refractivity contribution in [3.8, 4) is 0 Å². The smallest absolute Gasteiger partial charge is 0.407 e. The van der Waals surface area contributed by atoms with E-state index in [-0.39, 0.29) is 12.1 Å². The molecule has 24 heavy (non-hydrogen) atoms. The molecule has 1 atom stereocenters. The van der Waals surface area contributed by atoms with E-state index in [1.165, 1.54) is 16.8 Å². The van der Waals surface area contributed by atoms with Crippen LogP contribution in [0.5, 0.6) is 0 Å². The van der Waals surface area contributed by atoms with Gasteiger partial charge in [0.05, 0.1) is 0 Å². The second kappa shape index (κ2) is 7.01. The first-order valence-corrected chi connectivity index (χ1v) is 8.98. The fraction of sp³-hybridized carbons (Fsp3) is 0.632. The fourth-order valence-electron chi connectivity index (χ4n) is 3.57. The van der Waals surface area contributed by atoms with Crippen LogP contribution in [0.1, 0.15) is 38.3 Å². The van der Waals surface area contributed by atoms with Gasteiger partial charge in [-0.15, -0.1) is 0 Å². The Morgan fingerprint density at radius 3 is 2.75 bits per heavy atom. The highest BCUT2D eigenvalue weighted by Gasteiger charge is 2.26. The summed E-state index contributed by atoms with van der Waals surface area (Å²) < 4.78 is 5.41. The monoisotopic (exact) mass is 331 g/mol. The van der Waals surface area contributed by atoms with Crippen LogP contribution in [-0.4, -0.2) is 43.9 Å². The third-order valence-electron chi connectivity index (χ3n) is 4.64. The van der Waals surface area contributed by atoms with Gasteiger partial charge in [-0.2, -0.15) is 0 Å². The number of benzene rings is 1. The molecule has 3 rings (SSSR count). The molecule has 0 spiro atoms. The van der Waals surface area contributed by atoms with Crippen molar-refractivity contribution in [3.05, 3.63) is 29.3 Å². The van der Waals surface area contributed by atoms with Crippen LogP contribution in [0.4, 0.5) is 10.5 Å². The van der Waals surface area contributed by atoms with Crippen LogP contribution in [0.25, 0.3) is 0 Å². The Hall–Kier alpha value is -1.75. The number of piperazine rings is 1. The number of hydrogen-bond acceptors (Lipinski definition) is 4. The quantitative estimate of drug-likeness (QED) is 0.874. The van der Waals surface area contributed by atoms with Crippen LogP contribution >= 0.6 is 0 Å². The molecule has 132 valence electrons. The van der Waals surface area contributed by atoms with Crippen molar-refractivity contribution in [1.29, 1.82) is 0 Å². The van der Waals surface area contributed by atoms with Crippen LogP contribution in [0.3, 0.4) is 0 Å². The number of carbonyl (C=O) groups excluding carboxylic acids is 1. The predicted octanol–water partition coefficient (Wildman–Crippen LogP) is 2.48. The van der Waals surface area contributed by atoms with E-state index in [0.29, 0.717) is 0 Å². The lowest BCUT2D eigenvalue weighted by molar-refractivity contribution is 0.0500. The lowest BCUT2D eigenvalue weighted by Crippen LogP contribution is -2.45. The Morgan fingerprint density at radius 2 is 2.04 bits per heavy atom. The molecular formula is C19H29N3O2. The van der Waals surface area contributed by atoms with Gasteiger partial charge in [0, 0.05) is 37.9 Å². The van der Waals surface area contributed by atoms with Gasteiger partial charge >= 0.3 is 6.09 Å². The van der Waals surface area contributed by atoms with Crippen molar-refractivity contribution < 1.29 is 9.53 Å². The van der Waals surface area contributed by atoms with E-state index in [1.54, 1.807) is 0 Å². The van der Waals surface area contributed by atoms with Crippen molar-refractivity contribution >= 4 is 11.8 Å². The van der Waals surface area contributed by atoms with Crippen LogP contribution in [0.15, 0.2) is 18.2 Å². The number of alkyl carbamates (subject to hydrolysis) is 1. The van der Waals surface area contributed by atoms with E-state index in [9.17, 15) is 4.79 Å². The van der Waals surface area contributed by atoms with Crippen molar-refractivity contribution in [2.75, 3.05) is 31.1 Å². The molecule has 5 nitrogen and oxygen atoms in total. The Balaban J connectivity index is 1.71. The third-order valence-corrected chi connectivity index (χ3v) is 4.64. The molecular weight excluding hydrogens is 302 g/mol. The zero-order chi connectivity index (χ0) is 17.2. The maximum atomic E-state index is 12.1. The van der Waals surface area contributed by atoms with Crippen LogP contribution in [-0.2, 0) is 17.6 Å². The minimum Gasteiger partial charge on any atom is -0.444 e. The SMILES string of the molecule is CC(C)(C)OC(=O)NC1CCc2cccc(N3CCNCC3)c2C1. The highest BCUT2D eigenvalue weighted by Crippen LogP contribution is 2.31. The molecule has 1 aliphatic heterocycles. The Bertz CT molecular complexity index is 589. The molecule has 1 aromatic rings. The number of anilines is 1. The van der Waals surface area contributed by atoms with Crippen LogP contribution in [0.2, 0.25) is 0 Å². The number of hydrogen-bond donors (Lipinski definition) is 2. The van der Waals surface area contributed by atoms with E-state index in [1.807, 2.05) is 20.8 Å². The number of amides is 1. The average Bonchev–Trinajstić information content (AvgIpc) is 2.53. The molecule has 1 unspecified atom stereocenters. The number of aryl methyl sites for hydroxylation is 1. The van der Waals surface area contributed by atoms with Gasteiger partial charge in [-0.25, -0.2) is 4.79 Å². The lowest BCUT2D eigenvalue weighted by atomic mass is 9.86. The molecule has 1 fully saturated rings. The average molecular weight is 331 g/mol. The molecule has 0 radical (unpaired) electrons. The maximum absolute atomic E-state index is 12.1. The molecule has 1 heterocycles. The second-order valence-electron chi connectivity index (χ2n) is 7.74. The van der Waals surface area contributed by atoms with Gasteiger partial charge < -0.3 is 20.3 Å². The second-order valence-corrected chi connectivity index (χ2v) is 7.74. The van der Waals surface area contributed by atoms with Gasteiger partial charge in [-0.1, -0.05) is 12.1 Å². The van der Waals surface area contributed by atoms with Gasteiger partial charge in [-0.05, 0) is 57.2 Å². The number of nitrogens with zero attached hydrogens (tertiary/aromatic N) is 1. The molecule has 1 saturated heterocycles. The fourth-order valence-corrected chi connectivity index (χ4v) is 3.57. The lowest BCUT2D eigenvalue weighted by Gasteiger charge is -2.35. The molecule has 2 aliphatic rings. The minimum atomic E-state index is -0.456.